The highest BCUT2D eigenvalue weighted by molar-refractivity contribution is 6.15. The van der Waals surface area contributed by atoms with Crippen molar-refractivity contribution in [1.82, 2.24) is 9.97 Å². The first kappa shape index (κ1) is 37.7. The molecule has 3 heterocycles. The quantitative estimate of drug-likeness (QED) is 0.173. The van der Waals surface area contributed by atoms with E-state index >= 15 is 0 Å². The Bertz CT molecular complexity index is 4190. The summed E-state index contributed by atoms with van der Waals surface area (Å²) in [5.74, 6) is 0.707. The Kier molecular flexibility index (Phi) is 8.00. The molecule has 0 bridgehead atoms. The van der Waals surface area contributed by atoms with E-state index in [-0.39, 0.29) is 5.41 Å². The van der Waals surface area contributed by atoms with Crippen molar-refractivity contribution in [3.8, 4) is 67.3 Å². The SMILES string of the molecule is CC1(C)c2cc3ccccc3cc2-c2c(-c3cc(-c4ccc5cc(-c6ccccc6-c6ccc7oc8cc9c(cc8c7c6)oc6ccccc69)ccc5c4)nc(-c4ccccc4)n3)cccc21. The van der Waals surface area contributed by atoms with Crippen molar-refractivity contribution in [2.45, 2.75) is 19.3 Å². The Balaban J connectivity index is 0.859. The zero-order valence-electron chi connectivity index (χ0n) is 36.8. The molecule has 0 N–H and O–H groups in total. The van der Waals surface area contributed by atoms with Gasteiger partial charge in [-0.15, -0.1) is 0 Å². The molecule has 0 aliphatic heterocycles. The summed E-state index contributed by atoms with van der Waals surface area (Å²) in [4.78, 5) is 10.6. The fraction of sp³-hybridized carbons (Fsp3) is 0.0476. The number of furan rings is 2. The van der Waals surface area contributed by atoms with Crippen LogP contribution in [0.1, 0.15) is 25.0 Å². The minimum absolute atomic E-state index is 0.160. The maximum absolute atomic E-state index is 6.43. The first-order chi connectivity index (χ1) is 32.9. The van der Waals surface area contributed by atoms with E-state index < -0.39 is 0 Å². The van der Waals surface area contributed by atoms with Crippen molar-refractivity contribution in [1.29, 1.82) is 0 Å². The molecule has 10 aromatic carbocycles. The van der Waals surface area contributed by atoms with Crippen molar-refractivity contribution in [2.24, 2.45) is 0 Å². The fourth-order valence-corrected chi connectivity index (χ4v) is 10.9. The van der Waals surface area contributed by atoms with Gasteiger partial charge >= 0.3 is 0 Å². The molecule has 3 aromatic heterocycles. The van der Waals surface area contributed by atoms with Gasteiger partial charge in [-0.3, -0.25) is 0 Å². The molecule has 314 valence electrons. The molecule has 0 atom stereocenters. The van der Waals surface area contributed by atoms with Crippen LogP contribution in [-0.4, -0.2) is 9.97 Å². The third-order valence-corrected chi connectivity index (χ3v) is 14.3. The molecule has 0 saturated heterocycles. The molecular weight excluding hydrogens is 817 g/mol. The summed E-state index contributed by atoms with van der Waals surface area (Å²) in [6, 6.07) is 73.8. The molecule has 0 saturated carbocycles. The van der Waals surface area contributed by atoms with Gasteiger partial charge in [-0.25, -0.2) is 9.97 Å². The highest BCUT2D eigenvalue weighted by atomic mass is 16.3. The van der Waals surface area contributed by atoms with Gasteiger partial charge in [-0.05, 0) is 127 Å². The van der Waals surface area contributed by atoms with Crippen molar-refractivity contribution in [3.05, 3.63) is 217 Å². The van der Waals surface area contributed by atoms with Gasteiger partial charge in [0, 0.05) is 43.7 Å². The Morgan fingerprint density at radius 3 is 1.69 bits per heavy atom. The average Bonchev–Trinajstić information content (AvgIpc) is 4.00. The number of para-hydroxylation sites is 1. The van der Waals surface area contributed by atoms with E-state index in [0.29, 0.717) is 5.82 Å². The van der Waals surface area contributed by atoms with Crippen LogP contribution in [-0.2, 0) is 5.41 Å². The smallest absolute Gasteiger partial charge is 0.160 e. The van der Waals surface area contributed by atoms with Gasteiger partial charge in [0.2, 0.25) is 0 Å². The van der Waals surface area contributed by atoms with Crippen LogP contribution in [0.5, 0.6) is 0 Å². The van der Waals surface area contributed by atoms with Crippen molar-refractivity contribution in [2.75, 3.05) is 0 Å². The number of benzene rings is 10. The predicted octanol–water partition coefficient (Wildman–Crippen LogP) is 17.2. The standard InChI is InChI=1S/C63H40N2O2/c1-63(2)53-21-12-20-48(61(53)52-31-38-15-6-7-16-39(38)33-54(52)63)56-36-55(64-62(65-56)37-13-4-3-5-14-37)44-26-24-40-29-42(25-23-41(40)30-44)45-17-8-9-18-46(45)43-27-28-58-49(32-43)51-35-59-50(34-60(51)67-58)47-19-10-11-22-57(47)66-59/h3-36H,1-2H3. The number of hydrogen-bond donors (Lipinski definition) is 0. The zero-order chi connectivity index (χ0) is 44.4. The lowest BCUT2D eigenvalue weighted by Gasteiger charge is -2.22. The van der Waals surface area contributed by atoms with Crippen molar-refractivity contribution in [3.63, 3.8) is 0 Å². The summed E-state index contributed by atoms with van der Waals surface area (Å²) in [5.41, 5.74) is 18.1. The van der Waals surface area contributed by atoms with Gasteiger partial charge in [0.25, 0.3) is 0 Å². The largest absolute Gasteiger partial charge is 0.456 e. The first-order valence-corrected chi connectivity index (χ1v) is 22.9. The van der Waals surface area contributed by atoms with Crippen LogP contribution < -0.4 is 0 Å². The van der Waals surface area contributed by atoms with E-state index in [4.69, 9.17) is 18.8 Å². The topological polar surface area (TPSA) is 52.1 Å². The highest BCUT2D eigenvalue weighted by Gasteiger charge is 2.37. The van der Waals surface area contributed by atoms with Crippen LogP contribution in [0.25, 0.3) is 133 Å². The van der Waals surface area contributed by atoms with Crippen LogP contribution in [0, 0.1) is 0 Å². The molecule has 13 aromatic rings. The van der Waals surface area contributed by atoms with Gasteiger partial charge in [-0.1, -0.05) is 159 Å². The van der Waals surface area contributed by atoms with E-state index in [2.05, 4.69) is 196 Å². The van der Waals surface area contributed by atoms with Gasteiger partial charge in [0.15, 0.2) is 5.82 Å². The fourth-order valence-electron chi connectivity index (χ4n) is 10.9. The van der Waals surface area contributed by atoms with Crippen LogP contribution in [0.15, 0.2) is 215 Å². The summed E-state index contributed by atoms with van der Waals surface area (Å²) in [5, 5.41) is 9.08. The predicted molar refractivity (Wildman–Crippen MR) is 276 cm³/mol. The second-order valence-corrected chi connectivity index (χ2v) is 18.5. The molecule has 4 heteroatoms. The molecule has 0 fully saturated rings. The summed E-state index contributed by atoms with van der Waals surface area (Å²) < 4.78 is 12.7. The third kappa shape index (κ3) is 5.86. The lowest BCUT2D eigenvalue weighted by atomic mass is 9.81. The van der Waals surface area contributed by atoms with Gasteiger partial charge in [-0.2, -0.15) is 0 Å². The number of hydrogen-bond acceptors (Lipinski definition) is 4. The van der Waals surface area contributed by atoms with E-state index in [1.807, 2.05) is 24.3 Å². The van der Waals surface area contributed by atoms with Crippen LogP contribution >= 0.6 is 0 Å². The number of rotatable bonds is 5. The van der Waals surface area contributed by atoms with Gasteiger partial charge in [0.1, 0.15) is 22.3 Å². The zero-order valence-corrected chi connectivity index (χ0v) is 36.8. The summed E-state index contributed by atoms with van der Waals surface area (Å²) in [6.07, 6.45) is 0. The molecule has 0 radical (unpaired) electrons. The van der Waals surface area contributed by atoms with E-state index in [1.54, 1.807) is 0 Å². The Morgan fingerprint density at radius 2 is 0.896 bits per heavy atom. The van der Waals surface area contributed by atoms with Crippen LogP contribution in [0.3, 0.4) is 0 Å². The maximum atomic E-state index is 6.43. The third-order valence-electron chi connectivity index (χ3n) is 14.3. The molecular formula is C63H40N2O2. The lowest BCUT2D eigenvalue weighted by molar-refractivity contribution is 0.661. The van der Waals surface area contributed by atoms with Crippen LogP contribution in [0.2, 0.25) is 0 Å². The minimum atomic E-state index is -0.160. The summed E-state index contributed by atoms with van der Waals surface area (Å²) in [6.45, 7) is 4.69. The molecule has 67 heavy (non-hydrogen) atoms. The molecule has 14 rings (SSSR count). The van der Waals surface area contributed by atoms with Crippen molar-refractivity contribution >= 4 is 65.4 Å². The number of aromatic nitrogens is 2. The normalized spacial score (nSPS) is 13.0. The maximum Gasteiger partial charge on any atom is 0.160 e. The first-order valence-electron chi connectivity index (χ1n) is 22.9. The van der Waals surface area contributed by atoms with E-state index in [0.717, 1.165) is 99.4 Å². The monoisotopic (exact) mass is 856 g/mol. The molecule has 4 nitrogen and oxygen atoms in total. The second kappa shape index (κ2) is 14.2. The summed E-state index contributed by atoms with van der Waals surface area (Å²) >= 11 is 0. The Labute approximate surface area is 386 Å². The highest BCUT2D eigenvalue weighted by Crippen LogP contribution is 2.53. The van der Waals surface area contributed by atoms with E-state index in [9.17, 15) is 0 Å². The Morgan fingerprint density at radius 1 is 0.328 bits per heavy atom. The number of nitrogens with zero attached hydrogens (tertiary/aromatic N) is 2. The molecule has 0 amide bonds. The van der Waals surface area contributed by atoms with Gasteiger partial charge in [0.05, 0.1) is 11.4 Å². The molecule has 1 aliphatic rings. The number of fused-ring (bicyclic) bond motifs is 11. The van der Waals surface area contributed by atoms with E-state index in [1.165, 1.54) is 38.6 Å². The lowest BCUT2D eigenvalue weighted by Crippen LogP contribution is -2.14. The van der Waals surface area contributed by atoms with Crippen molar-refractivity contribution < 1.29 is 8.83 Å². The minimum Gasteiger partial charge on any atom is -0.456 e. The Hall–Kier alpha value is -8.60. The summed E-state index contributed by atoms with van der Waals surface area (Å²) in [7, 11) is 0. The van der Waals surface area contributed by atoms with Gasteiger partial charge < -0.3 is 8.83 Å². The molecule has 0 spiro atoms. The molecule has 0 unspecified atom stereocenters. The average molecular weight is 857 g/mol. The molecule has 1 aliphatic carbocycles. The van der Waals surface area contributed by atoms with Crippen LogP contribution in [0.4, 0.5) is 0 Å². The second-order valence-electron chi connectivity index (χ2n) is 18.5.